The van der Waals surface area contributed by atoms with Crippen LogP contribution in [0.3, 0.4) is 0 Å². The minimum Gasteiger partial charge on any atom is -0.312 e. The van der Waals surface area contributed by atoms with Gasteiger partial charge in [-0.1, -0.05) is 61.2 Å². The second-order valence-corrected chi connectivity index (χ2v) is 5.32. The molecule has 2 aromatic rings. The number of aromatic nitrogens is 2. The van der Waals surface area contributed by atoms with Crippen LogP contribution in [0.25, 0.3) is 11.4 Å². The third-order valence-electron chi connectivity index (χ3n) is 3.72. The highest BCUT2D eigenvalue weighted by Crippen LogP contribution is 2.34. The van der Waals surface area contributed by atoms with Gasteiger partial charge in [-0.05, 0) is 12.8 Å². The van der Waals surface area contributed by atoms with Crippen molar-refractivity contribution in [2.75, 3.05) is 0 Å². The minimum atomic E-state index is 0.518. The van der Waals surface area contributed by atoms with Crippen molar-refractivity contribution in [1.82, 2.24) is 9.55 Å². The number of hydrogen-bond acceptors (Lipinski definition) is 1. The van der Waals surface area contributed by atoms with Gasteiger partial charge in [0.1, 0.15) is 11.0 Å². The van der Waals surface area contributed by atoms with E-state index in [4.69, 9.17) is 11.6 Å². The Bertz CT molecular complexity index is 513. The van der Waals surface area contributed by atoms with Crippen molar-refractivity contribution >= 4 is 11.6 Å². The van der Waals surface area contributed by atoms with Crippen LogP contribution in [0.2, 0.25) is 5.15 Å². The van der Waals surface area contributed by atoms with Gasteiger partial charge in [-0.15, -0.1) is 0 Å². The molecule has 0 N–H and O–H groups in total. The number of halogens is 1. The molecule has 0 spiro atoms. The van der Waals surface area contributed by atoms with Gasteiger partial charge < -0.3 is 4.57 Å². The van der Waals surface area contributed by atoms with Crippen molar-refractivity contribution < 1.29 is 0 Å². The van der Waals surface area contributed by atoms with Gasteiger partial charge in [0, 0.05) is 11.6 Å². The molecule has 1 heterocycles. The van der Waals surface area contributed by atoms with Crippen LogP contribution < -0.4 is 0 Å². The molecule has 0 saturated heterocycles. The average Bonchev–Trinajstić information content (AvgIpc) is 2.83. The van der Waals surface area contributed by atoms with Crippen LogP contribution in [0.5, 0.6) is 0 Å². The molecule has 0 atom stereocenters. The lowest BCUT2D eigenvalue weighted by Gasteiger charge is -2.25. The second-order valence-electron chi connectivity index (χ2n) is 4.93. The molecule has 3 rings (SSSR count). The first-order valence-electron chi connectivity index (χ1n) is 6.64. The molecule has 0 amide bonds. The highest BCUT2D eigenvalue weighted by Gasteiger charge is 2.21. The maximum Gasteiger partial charge on any atom is 0.141 e. The average molecular weight is 261 g/mol. The molecule has 18 heavy (non-hydrogen) atoms. The summed E-state index contributed by atoms with van der Waals surface area (Å²) >= 11 is 6.33. The molecule has 1 fully saturated rings. The number of rotatable bonds is 2. The van der Waals surface area contributed by atoms with Crippen LogP contribution in [-0.2, 0) is 0 Å². The van der Waals surface area contributed by atoms with Gasteiger partial charge in [0.2, 0.25) is 0 Å². The van der Waals surface area contributed by atoms with E-state index >= 15 is 0 Å². The summed E-state index contributed by atoms with van der Waals surface area (Å²) in [7, 11) is 0. The first kappa shape index (κ1) is 11.8. The van der Waals surface area contributed by atoms with E-state index in [0.29, 0.717) is 6.04 Å². The zero-order chi connectivity index (χ0) is 12.4. The van der Waals surface area contributed by atoms with E-state index in [1.165, 1.54) is 32.1 Å². The topological polar surface area (TPSA) is 17.8 Å². The molecule has 94 valence electrons. The lowest BCUT2D eigenvalue weighted by Crippen LogP contribution is -2.14. The Hall–Kier alpha value is -1.28. The summed E-state index contributed by atoms with van der Waals surface area (Å²) in [6.07, 6.45) is 8.16. The van der Waals surface area contributed by atoms with Gasteiger partial charge >= 0.3 is 0 Å². The lowest BCUT2D eigenvalue weighted by atomic mass is 9.95. The molecule has 3 heteroatoms. The van der Waals surface area contributed by atoms with Crippen molar-refractivity contribution in [1.29, 1.82) is 0 Å². The minimum absolute atomic E-state index is 0.518. The first-order chi connectivity index (χ1) is 8.86. The van der Waals surface area contributed by atoms with Crippen LogP contribution in [0, 0.1) is 0 Å². The SMILES string of the molecule is Clc1cnc(-c2ccccc2)n1C1CCCCC1. The van der Waals surface area contributed by atoms with Gasteiger partial charge in [-0.3, -0.25) is 0 Å². The number of imidazole rings is 1. The van der Waals surface area contributed by atoms with Gasteiger partial charge in [-0.25, -0.2) is 4.98 Å². The highest BCUT2D eigenvalue weighted by atomic mass is 35.5. The predicted molar refractivity (Wildman–Crippen MR) is 74.8 cm³/mol. The van der Waals surface area contributed by atoms with E-state index < -0.39 is 0 Å². The molecule has 0 bridgehead atoms. The van der Waals surface area contributed by atoms with E-state index in [1.54, 1.807) is 6.20 Å². The maximum absolute atomic E-state index is 6.33. The van der Waals surface area contributed by atoms with Crippen molar-refractivity contribution in [2.45, 2.75) is 38.1 Å². The first-order valence-corrected chi connectivity index (χ1v) is 7.02. The molecular weight excluding hydrogens is 244 g/mol. The predicted octanol–water partition coefficient (Wildman–Crippen LogP) is 4.71. The fourth-order valence-electron chi connectivity index (χ4n) is 2.83. The summed E-state index contributed by atoms with van der Waals surface area (Å²) in [6, 6.07) is 10.8. The largest absolute Gasteiger partial charge is 0.312 e. The second kappa shape index (κ2) is 5.15. The van der Waals surface area contributed by atoms with E-state index in [-0.39, 0.29) is 0 Å². The van der Waals surface area contributed by atoms with Crippen LogP contribution >= 0.6 is 11.6 Å². The van der Waals surface area contributed by atoms with Gasteiger partial charge in [0.15, 0.2) is 0 Å². The third-order valence-corrected chi connectivity index (χ3v) is 4.00. The van der Waals surface area contributed by atoms with Gasteiger partial charge in [0.05, 0.1) is 6.20 Å². The molecule has 1 aromatic carbocycles. The summed E-state index contributed by atoms with van der Waals surface area (Å²) in [5, 5.41) is 0.765. The summed E-state index contributed by atoms with van der Waals surface area (Å²) in [4.78, 5) is 4.49. The van der Waals surface area contributed by atoms with Crippen LogP contribution in [0.15, 0.2) is 36.5 Å². The fraction of sp³-hybridized carbons (Fsp3) is 0.400. The molecule has 1 saturated carbocycles. The summed E-state index contributed by atoms with van der Waals surface area (Å²) in [6.45, 7) is 0. The molecule has 0 unspecified atom stereocenters. The Kier molecular flexibility index (Phi) is 3.37. The fourth-order valence-corrected chi connectivity index (χ4v) is 3.09. The van der Waals surface area contributed by atoms with Crippen molar-refractivity contribution in [2.24, 2.45) is 0 Å². The van der Waals surface area contributed by atoms with E-state index in [9.17, 15) is 0 Å². The molecule has 2 nitrogen and oxygen atoms in total. The Labute approximate surface area is 113 Å². The number of hydrogen-bond donors (Lipinski definition) is 0. The smallest absolute Gasteiger partial charge is 0.141 e. The van der Waals surface area contributed by atoms with E-state index in [1.807, 2.05) is 18.2 Å². The molecule has 0 radical (unpaired) electrons. The van der Waals surface area contributed by atoms with Gasteiger partial charge in [0.25, 0.3) is 0 Å². The monoisotopic (exact) mass is 260 g/mol. The highest BCUT2D eigenvalue weighted by molar-refractivity contribution is 6.29. The quantitative estimate of drug-likeness (QED) is 0.765. The lowest BCUT2D eigenvalue weighted by molar-refractivity contribution is 0.356. The van der Waals surface area contributed by atoms with Crippen LogP contribution in [0.1, 0.15) is 38.1 Å². The summed E-state index contributed by atoms with van der Waals surface area (Å²) < 4.78 is 2.22. The number of benzene rings is 1. The zero-order valence-corrected chi connectivity index (χ0v) is 11.1. The number of nitrogens with zero attached hydrogens (tertiary/aromatic N) is 2. The molecule has 0 aliphatic heterocycles. The summed E-state index contributed by atoms with van der Waals surface area (Å²) in [5.41, 5.74) is 1.15. The van der Waals surface area contributed by atoms with Crippen molar-refractivity contribution in [3.05, 3.63) is 41.7 Å². The molecule has 1 aromatic heterocycles. The van der Waals surface area contributed by atoms with Crippen molar-refractivity contribution in [3.8, 4) is 11.4 Å². The zero-order valence-electron chi connectivity index (χ0n) is 10.3. The van der Waals surface area contributed by atoms with E-state index in [0.717, 1.165) is 16.5 Å². The Morgan fingerprint density at radius 1 is 1.06 bits per heavy atom. The van der Waals surface area contributed by atoms with Crippen LogP contribution in [0.4, 0.5) is 0 Å². The van der Waals surface area contributed by atoms with Crippen LogP contribution in [-0.4, -0.2) is 9.55 Å². The van der Waals surface area contributed by atoms with Crippen molar-refractivity contribution in [3.63, 3.8) is 0 Å². The molecule has 1 aliphatic carbocycles. The summed E-state index contributed by atoms with van der Waals surface area (Å²) in [5.74, 6) is 1.01. The maximum atomic E-state index is 6.33. The van der Waals surface area contributed by atoms with E-state index in [2.05, 4.69) is 21.7 Å². The Balaban J connectivity index is 2.01. The molecule has 1 aliphatic rings. The normalized spacial score (nSPS) is 16.9. The van der Waals surface area contributed by atoms with Gasteiger partial charge in [-0.2, -0.15) is 0 Å². The Morgan fingerprint density at radius 2 is 1.78 bits per heavy atom. The third kappa shape index (κ3) is 2.17. The Morgan fingerprint density at radius 3 is 2.50 bits per heavy atom. The molecular formula is C15H17ClN2. The standard InChI is InChI=1S/C15H17ClN2/c16-14-11-17-15(12-7-3-1-4-8-12)18(14)13-9-5-2-6-10-13/h1,3-4,7-8,11,13H,2,5-6,9-10H2.